The summed E-state index contributed by atoms with van der Waals surface area (Å²) in [6.07, 6.45) is 5.16. The van der Waals surface area contributed by atoms with E-state index in [-0.39, 0.29) is 11.3 Å². The Morgan fingerprint density at radius 3 is 2.38 bits per heavy atom. The highest BCUT2D eigenvalue weighted by Gasteiger charge is 2.49. The number of piperidine rings is 1. The minimum absolute atomic E-state index is 0.251. The van der Waals surface area contributed by atoms with Crippen LogP contribution >= 0.6 is 0 Å². The first-order valence-corrected chi connectivity index (χ1v) is 6.31. The van der Waals surface area contributed by atoms with Crippen molar-refractivity contribution in [2.24, 2.45) is 0 Å². The van der Waals surface area contributed by atoms with Crippen molar-refractivity contribution in [1.29, 1.82) is 0 Å². The molecule has 16 heavy (non-hydrogen) atoms. The minimum atomic E-state index is -0.356. The quantitative estimate of drug-likeness (QED) is 0.668. The summed E-state index contributed by atoms with van der Waals surface area (Å²) < 4.78 is 11.4. The first-order chi connectivity index (χ1) is 7.75. The van der Waals surface area contributed by atoms with Crippen LogP contribution in [0.5, 0.6) is 0 Å². The number of Topliss-reactive ketones (excluding diaryl/α,β-unsaturated/α-hetero) is 1. The highest BCUT2D eigenvalue weighted by atomic mass is 16.7. The molecule has 1 saturated carbocycles. The van der Waals surface area contributed by atoms with Crippen LogP contribution in [0.1, 0.15) is 38.5 Å². The lowest BCUT2D eigenvalue weighted by Crippen LogP contribution is -2.59. The molecule has 2 heterocycles. The Bertz CT molecular complexity index is 287. The Labute approximate surface area is 95.7 Å². The van der Waals surface area contributed by atoms with Crippen molar-refractivity contribution in [3.8, 4) is 0 Å². The molecular formula is C12H19NO3. The third-order valence-electron chi connectivity index (χ3n) is 4.26. The predicted molar refractivity (Wildman–Crippen MR) is 58.1 cm³/mol. The molecule has 0 amide bonds. The first kappa shape index (κ1) is 10.7. The number of rotatable bonds is 0. The fourth-order valence-corrected chi connectivity index (χ4v) is 3.21. The second kappa shape index (κ2) is 3.79. The van der Waals surface area contributed by atoms with Gasteiger partial charge < -0.3 is 14.8 Å². The van der Waals surface area contributed by atoms with Gasteiger partial charge in [-0.15, -0.1) is 0 Å². The van der Waals surface area contributed by atoms with Gasteiger partial charge >= 0.3 is 0 Å². The normalized spacial score (nSPS) is 32.4. The minimum Gasteiger partial charge on any atom is -0.348 e. The van der Waals surface area contributed by atoms with E-state index in [1.165, 1.54) is 0 Å². The Balaban J connectivity index is 1.70. The van der Waals surface area contributed by atoms with E-state index in [1.807, 2.05) is 0 Å². The topological polar surface area (TPSA) is 47.6 Å². The van der Waals surface area contributed by atoms with Crippen molar-refractivity contribution in [2.45, 2.75) is 49.9 Å². The van der Waals surface area contributed by atoms with Crippen LogP contribution in [0, 0.1) is 0 Å². The summed E-state index contributed by atoms with van der Waals surface area (Å²) in [5.41, 5.74) is -0.251. The van der Waals surface area contributed by atoms with E-state index in [9.17, 15) is 4.79 Å². The fourth-order valence-electron chi connectivity index (χ4n) is 3.21. The Morgan fingerprint density at radius 2 is 1.75 bits per heavy atom. The summed E-state index contributed by atoms with van der Waals surface area (Å²) in [6, 6.07) is 0. The number of carbonyl (C=O) groups excluding carboxylic acids is 1. The lowest BCUT2D eigenvalue weighted by Gasteiger charge is -2.45. The molecule has 4 heteroatoms. The molecule has 3 aliphatic rings. The second-order valence-corrected chi connectivity index (χ2v) is 5.14. The summed E-state index contributed by atoms with van der Waals surface area (Å²) in [4.78, 5) is 12.0. The van der Waals surface area contributed by atoms with E-state index < -0.39 is 0 Å². The monoisotopic (exact) mass is 225 g/mol. The van der Waals surface area contributed by atoms with Crippen LogP contribution in [-0.2, 0) is 14.3 Å². The third-order valence-corrected chi connectivity index (χ3v) is 4.26. The highest BCUT2D eigenvalue weighted by molar-refractivity contribution is 5.89. The van der Waals surface area contributed by atoms with Crippen LogP contribution in [-0.4, -0.2) is 36.9 Å². The molecule has 0 aromatic heterocycles. The number of carbonyl (C=O) groups is 1. The van der Waals surface area contributed by atoms with Gasteiger partial charge in [0, 0.05) is 19.3 Å². The van der Waals surface area contributed by atoms with E-state index >= 15 is 0 Å². The summed E-state index contributed by atoms with van der Waals surface area (Å²) in [5.74, 6) is 0.0385. The summed E-state index contributed by atoms with van der Waals surface area (Å²) in [5, 5.41) is 3.43. The van der Waals surface area contributed by atoms with E-state index in [2.05, 4.69) is 5.32 Å². The van der Waals surface area contributed by atoms with E-state index in [1.54, 1.807) is 0 Å². The van der Waals surface area contributed by atoms with E-state index in [0.29, 0.717) is 19.0 Å². The molecule has 0 aromatic carbocycles. The van der Waals surface area contributed by atoms with Crippen LogP contribution in [0.2, 0.25) is 0 Å². The van der Waals surface area contributed by atoms with Crippen molar-refractivity contribution in [1.82, 2.24) is 5.32 Å². The molecule has 0 unspecified atom stereocenters. The van der Waals surface area contributed by atoms with Crippen LogP contribution in [0.15, 0.2) is 0 Å². The second-order valence-electron chi connectivity index (χ2n) is 5.14. The molecule has 0 atom stereocenters. The largest absolute Gasteiger partial charge is 0.348 e. The predicted octanol–water partition coefficient (Wildman–Crippen LogP) is 0.995. The van der Waals surface area contributed by atoms with Gasteiger partial charge in [-0.1, -0.05) is 0 Å². The summed E-state index contributed by atoms with van der Waals surface area (Å²) in [6.45, 7) is 2.38. The van der Waals surface area contributed by atoms with Crippen molar-refractivity contribution in [3.05, 3.63) is 0 Å². The highest BCUT2D eigenvalue weighted by Crippen LogP contribution is 2.41. The molecule has 2 aliphatic heterocycles. The molecule has 4 nitrogen and oxygen atoms in total. The van der Waals surface area contributed by atoms with E-state index in [0.717, 1.165) is 45.1 Å². The molecule has 2 saturated heterocycles. The van der Waals surface area contributed by atoms with Crippen LogP contribution in [0.3, 0.4) is 0 Å². The van der Waals surface area contributed by atoms with Gasteiger partial charge in [-0.2, -0.15) is 0 Å². The molecule has 1 aliphatic carbocycles. The zero-order chi connectivity index (χ0) is 11.1. The summed E-state index contributed by atoms with van der Waals surface area (Å²) in [7, 11) is 0. The van der Waals surface area contributed by atoms with Gasteiger partial charge in [0.25, 0.3) is 0 Å². The third kappa shape index (κ3) is 1.60. The molecule has 3 fully saturated rings. The van der Waals surface area contributed by atoms with Crippen molar-refractivity contribution in [2.75, 3.05) is 19.8 Å². The van der Waals surface area contributed by atoms with Crippen molar-refractivity contribution < 1.29 is 14.3 Å². The van der Waals surface area contributed by atoms with Gasteiger partial charge in [0.1, 0.15) is 0 Å². The zero-order valence-electron chi connectivity index (χ0n) is 9.59. The maximum Gasteiger partial charge on any atom is 0.168 e. The van der Waals surface area contributed by atoms with Gasteiger partial charge in [-0.3, -0.25) is 4.79 Å². The molecule has 3 rings (SSSR count). The number of nitrogens with one attached hydrogen (secondary N) is 1. The van der Waals surface area contributed by atoms with Crippen molar-refractivity contribution >= 4 is 5.78 Å². The maximum absolute atomic E-state index is 12.0. The Hall–Kier alpha value is -0.450. The fraction of sp³-hybridized carbons (Fsp3) is 0.917. The number of hydrogen-bond donors (Lipinski definition) is 1. The first-order valence-electron chi connectivity index (χ1n) is 6.31. The maximum atomic E-state index is 12.0. The smallest absolute Gasteiger partial charge is 0.168 e. The Kier molecular flexibility index (Phi) is 2.53. The SMILES string of the molecule is O=C1CCCNC12CCC1(CC2)OCCO1. The molecule has 0 bridgehead atoms. The molecule has 0 aromatic rings. The van der Waals surface area contributed by atoms with Gasteiger partial charge in [0.05, 0.1) is 18.8 Å². The molecule has 0 radical (unpaired) electrons. The Morgan fingerprint density at radius 1 is 1.06 bits per heavy atom. The van der Waals surface area contributed by atoms with Crippen LogP contribution in [0.25, 0.3) is 0 Å². The van der Waals surface area contributed by atoms with E-state index in [4.69, 9.17) is 9.47 Å². The van der Waals surface area contributed by atoms with Gasteiger partial charge in [0.2, 0.25) is 0 Å². The molecule has 2 spiro atoms. The average Bonchev–Trinajstić information content (AvgIpc) is 2.76. The number of ether oxygens (including phenoxy) is 2. The van der Waals surface area contributed by atoms with Crippen molar-refractivity contribution in [3.63, 3.8) is 0 Å². The molecular weight excluding hydrogens is 206 g/mol. The summed E-state index contributed by atoms with van der Waals surface area (Å²) >= 11 is 0. The average molecular weight is 225 g/mol. The van der Waals surface area contributed by atoms with Crippen LogP contribution < -0.4 is 5.32 Å². The standard InChI is InChI=1S/C12H19NO3/c14-10-2-1-7-13-11(10)3-5-12(6-4-11)15-8-9-16-12/h13H,1-9H2. The lowest BCUT2D eigenvalue weighted by molar-refractivity contribution is -0.188. The van der Waals surface area contributed by atoms with Gasteiger partial charge in [-0.25, -0.2) is 0 Å². The van der Waals surface area contributed by atoms with Crippen LogP contribution in [0.4, 0.5) is 0 Å². The number of ketones is 1. The van der Waals surface area contributed by atoms with Gasteiger partial charge in [0.15, 0.2) is 11.6 Å². The molecule has 90 valence electrons. The van der Waals surface area contributed by atoms with Gasteiger partial charge in [-0.05, 0) is 25.8 Å². The lowest BCUT2D eigenvalue weighted by atomic mass is 9.73. The molecule has 1 N–H and O–H groups in total. The zero-order valence-corrected chi connectivity index (χ0v) is 9.59. The number of hydrogen-bond acceptors (Lipinski definition) is 4.